The van der Waals surface area contributed by atoms with Crippen LogP contribution >= 0.6 is 0 Å². The SMILES string of the molecule is C[C](C)c1cccc([N+](=O)[O-])c1. The summed E-state index contributed by atoms with van der Waals surface area (Å²) >= 11 is 0. The predicted molar refractivity (Wildman–Crippen MR) is 46.8 cm³/mol. The van der Waals surface area contributed by atoms with Crippen molar-refractivity contribution >= 4 is 5.69 Å². The molecule has 1 radical (unpaired) electrons. The minimum atomic E-state index is -0.383. The molecule has 0 spiro atoms. The smallest absolute Gasteiger partial charge is 0.258 e. The van der Waals surface area contributed by atoms with Crippen molar-refractivity contribution in [1.29, 1.82) is 0 Å². The van der Waals surface area contributed by atoms with Gasteiger partial charge in [-0.3, -0.25) is 10.1 Å². The maximum atomic E-state index is 10.4. The van der Waals surface area contributed by atoms with Crippen LogP contribution in [0.15, 0.2) is 24.3 Å². The molecule has 0 aliphatic rings. The molecule has 3 heteroatoms. The number of nitro groups is 1. The van der Waals surface area contributed by atoms with Crippen LogP contribution < -0.4 is 0 Å². The monoisotopic (exact) mass is 164 g/mol. The van der Waals surface area contributed by atoms with E-state index in [0.29, 0.717) is 0 Å². The lowest BCUT2D eigenvalue weighted by Gasteiger charge is -2.02. The zero-order valence-electron chi connectivity index (χ0n) is 7.07. The first kappa shape index (κ1) is 8.71. The standard InChI is InChI=1S/C9H10NO2/c1-7(2)8-4-3-5-9(6-8)10(11)12/h3-6H,1-2H3. The summed E-state index contributed by atoms with van der Waals surface area (Å²) in [6.45, 7) is 3.86. The first-order valence-electron chi connectivity index (χ1n) is 3.66. The molecule has 0 amide bonds. The van der Waals surface area contributed by atoms with Crippen molar-refractivity contribution in [3.63, 3.8) is 0 Å². The summed E-state index contributed by atoms with van der Waals surface area (Å²) in [4.78, 5) is 9.99. The third kappa shape index (κ3) is 1.81. The van der Waals surface area contributed by atoms with E-state index in [1.165, 1.54) is 6.07 Å². The second-order valence-electron chi connectivity index (χ2n) is 2.81. The molecule has 0 saturated heterocycles. The van der Waals surface area contributed by atoms with E-state index in [9.17, 15) is 10.1 Å². The fourth-order valence-corrected chi connectivity index (χ4v) is 0.930. The second kappa shape index (κ2) is 3.34. The van der Waals surface area contributed by atoms with Gasteiger partial charge in [0, 0.05) is 12.1 Å². The van der Waals surface area contributed by atoms with Crippen molar-refractivity contribution in [1.82, 2.24) is 0 Å². The third-order valence-corrected chi connectivity index (χ3v) is 1.63. The van der Waals surface area contributed by atoms with Crippen LogP contribution in [0.4, 0.5) is 5.69 Å². The van der Waals surface area contributed by atoms with Gasteiger partial charge in [0.15, 0.2) is 0 Å². The molecular formula is C9H10NO2. The molecule has 3 nitrogen and oxygen atoms in total. The van der Waals surface area contributed by atoms with E-state index in [-0.39, 0.29) is 10.6 Å². The molecule has 12 heavy (non-hydrogen) atoms. The molecule has 0 aliphatic heterocycles. The van der Waals surface area contributed by atoms with Gasteiger partial charge in [0.2, 0.25) is 0 Å². The lowest BCUT2D eigenvalue weighted by Crippen LogP contribution is -1.92. The Labute approximate surface area is 71.2 Å². The van der Waals surface area contributed by atoms with Crippen molar-refractivity contribution < 1.29 is 4.92 Å². The average molecular weight is 164 g/mol. The number of nitrogens with zero attached hydrogens (tertiary/aromatic N) is 1. The molecule has 0 N–H and O–H groups in total. The fourth-order valence-electron chi connectivity index (χ4n) is 0.930. The first-order chi connectivity index (χ1) is 5.61. The van der Waals surface area contributed by atoms with Crippen molar-refractivity contribution in [2.24, 2.45) is 0 Å². The normalized spacial score (nSPS) is 10.2. The summed E-state index contributed by atoms with van der Waals surface area (Å²) in [6.07, 6.45) is 0. The van der Waals surface area contributed by atoms with Crippen molar-refractivity contribution in [2.75, 3.05) is 0 Å². The molecule has 1 rings (SSSR count). The Morgan fingerprint density at radius 3 is 2.58 bits per heavy atom. The van der Waals surface area contributed by atoms with Crippen LogP contribution in [0.25, 0.3) is 0 Å². The molecule has 0 aromatic heterocycles. The van der Waals surface area contributed by atoms with Crippen LogP contribution in [0.3, 0.4) is 0 Å². The number of hydrogen-bond acceptors (Lipinski definition) is 2. The Morgan fingerprint density at radius 1 is 1.42 bits per heavy atom. The van der Waals surface area contributed by atoms with Crippen molar-refractivity contribution in [3.05, 3.63) is 45.9 Å². The van der Waals surface area contributed by atoms with E-state index in [2.05, 4.69) is 0 Å². The summed E-state index contributed by atoms with van der Waals surface area (Å²) in [5.41, 5.74) is 1.07. The molecule has 0 bridgehead atoms. The molecule has 0 unspecified atom stereocenters. The highest BCUT2D eigenvalue weighted by Crippen LogP contribution is 2.18. The van der Waals surface area contributed by atoms with Gasteiger partial charge in [0.25, 0.3) is 5.69 Å². The van der Waals surface area contributed by atoms with E-state index in [0.717, 1.165) is 11.5 Å². The van der Waals surface area contributed by atoms with Gasteiger partial charge in [-0.15, -0.1) is 0 Å². The lowest BCUT2D eigenvalue weighted by molar-refractivity contribution is -0.384. The zero-order chi connectivity index (χ0) is 9.14. The second-order valence-corrected chi connectivity index (χ2v) is 2.81. The Hall–Kier alpha value is -1.38. The first-order valence-corrected chi connectivity index (χ1v) is 3.66. The Morgan fingerprint density at radius 2 is 2.08 bits per heavy atom. The summed E-state index contributed by atoms with van der Waals surface area (Å²) in [5.74, 6) is 1.08. The lowest BCUT2D eigenvalue weighted by atomic mass is 10.0. The van der Waals surface area contributed by atoms with Gasteiger partial charge in [0.1, 0.15) is 0 Å². The van der Waals surface area contributed by atoms with Gasteiger partial charge >= 0.3 is 0 Å². The number of nitro benzene ring substituents is 1. The molecule has 0 aliphatic carbocycles. The molecule has 0 saturated carbocycles. The van der Waals surface area contributed by atoms with Crippen LogP contribution in [-0.2, 0) is 0 Å². The Balaban J connectivity index is 3.04. The fraction of sp³-hybridized carbons (Fsp3) is 0.222. The highest BCUT2D eigenvalue weighted by molar-refractivity contribution is 5.39. The predicted octanol–water partition coefficient (Wildman–Crippen LogP) is 2.56. The topological polar surface area (TPSA) is 43.1 Å². The van der Waals surface area contributed by atoms with Crippen LogP contribution in [-0.4, -0.2) is 4.92 Å². The van der Waals surface area contributed by atoms with E-state index in [1.54, 1.807) is 12.1 Å². The molecule has 1 aromatic carbocycles. The quantitative estimate of drug-likeness (QED) is 0.498. The minimum absolute atomic E-state index is 0.147. The van der Waals surface area contributed by atoms with Crippen LogP contribution in [0, 0.1) is 16.0 Å². The third-order valence-electron chi connectivity index (χ3n) is 1.63. The maximum absolute atomic E-state index is 10.4. The Bertz CT molecular complexity index is 294. The van der Waals surface area contributed by atoms with Gasteiger partial charge in [-0.1, -0.05) is 26.0 Å². The van der Waals surface area contributed by atoms with E-state index in [4.69, 9.17) is 0 Å². The molecule has 63 valence electrons. The average Bonchev–Trinajstić information content (AvgIpc) is 2.04. The molecule has 0 atom stereocenters. The number of non-ortho nitro benzene ring substituents is 1. The van der Waals surface area contributed by atoms with Gasteiger partial charge in [-0.2, -0.15) is 0 Å². The number of hydrogen-bond donors (Lipinski definition) is 0. The molecule has 1 aromatic rings. The number of benzene rings is 1. The van der Waals surface area contributed by atoms with Crippen molar-refractivity contribution in [2.45, 2.75) is 13.8 Å². The van der Waals surface area contributed by atoms with E-state index >= 15 is 0 Å². The summed E-state index contributed by atoms with van der Waals surface area (Å²) in [7, 11) is 0. The zero-order valence-corrected chi connectivity index (χ0v) is 7.07. The Kier molecular flexibility index (Phi) is 2.43. The minimum Gasteiger partial charge on any atom is -0.258 e. The molecular weight excluding hydrogens is 154 g/mol. The van der Waals surface area contributed by atoms with Crippen LogP contribution in [0.2, 0.25) is 0 Å². The molecule has 0 heterocycles. The highest BCUT2D eigenvalue weighted by atomic mass is 16.6. The summed E-state index contributed by atoms with van der Waals surface area (Å²) < 4.78 is 0. The largest absolute Gasteiger partial charge is 0.269 e. The number of rotatable bonds is 2. The molecule has 0 fully saturated rings. The van der Waals surface area contributed by atoms with Gasteiger partial charge < -0.3 is 0 Å². The van der Waals surface area contributed by atoms with Crippen molar-refractivity contribution in [3.8, 4) is 0 Å². The van der Waals surface area contributed by atoms with Gasteiger partial charge in [-0.25, -0.2) is 0 Å². The van der Waals surface area contributed by atoms with E-state index < -0.39 is 0 Å². The summed E-state index contributed by atoms with van der Waals surface area (Å²) in [5, 5.41) is 10.4. The van der Waals surface area contributed by atoms with Crippen LogP contribution in [0.5, 0.6) is 0 Å². The highest BCUT2D eigenvalue weighted by Gasteiger charge is 2.07. The van der Waals surface area contributed by atoms with Gasteiger partial charge in [-0.05, 0) is 11.5 Å². The summed E-state index contributed by atoms with van der Waals surface area (Å²) in [6, 6.07) is 6.63. The van der Waals surface area contributed by atoms with Crippen LogP contribution in [0.1, 0.15) is 19.4 Å². The maximum Gasteiger partial charge on any atom is 0.269 e. The van der Waals surface area contributed by atoms with E-state index in [1.807, 2.05) is 19.9 Å². The van der Waals surface area contributed by atoms with Gasteiger partial charge in [0.05, 0.1) is 4.92 Å².